The monoisotopic (exact) mass is 399 g/mol. The minimum atomic E-state index is -0.662. The predicted octanol–water partition coefficient (Wildman–Crippen LogP) is 5.18. The maximum atomic E-state index is 12.8. The van der Waals surface area contributed by atoms with Gasteiger partial charge in [-0.3, -0.25) is 4.90 Å². The van der Waals surface area contributed by atoms with Gasteiger partial charge in [-0.1, -0.05) is 97.6 Å². The van der Waals surface area contributed by atoms with Gasteiger partial charge in [0.1, 0.15) is 18.3 Å². The Labute approximate surface area is 175 Å². The van der Waals surface area contributed by atoms with Crippen molar-refractivity contribution in [3.05, 3.63) is 120 Å². The van der Waals surface area contributed by atoms with Crippen LogP contribution in [0, 0.1) is 0 Å². The number of esters is 1. The molecule has 0 saturated carbocycles. The Balaban J connectivity index is 1.60. The van der Waals surface area contributed by atoms with E-state index in [1.807, 2.05) is 91.0 Å². The molecule has 1 amide bonds. The Morgan fingerprint density at radius 3 is 2.00 bits per heavy atom. The standard InChI is InChI=1S/C25H21NO4/c1-18(24(27)29-17-19-11-5-2-6-12-19)26-22(20-13-7-3-8-14-20)23(30-25(26)28)21-15-9-4-10-16-21/h2-16,22-23H,1,17H2/t22-,23+/m1/s1. The van der Waals surface area contributed by atoms with E-state index in [2.05, 4.69) is 6.58 Å². The molecule has 2 atom stereocenters. The highest BCUT2D eigenvalue weighted by atomic mass is 16.6. The lowest BCUT2D eigenvalue weighted by atomic mass is 9.95. The molecule has 5 nitrogen and oxygen atoms in total. The molecule has 3 aromatic carbocycles. The molecule has 1 heterocycles. The van der Waals surface area contributed by atoms with Crippen LogP contribution in [0.1, 0.15) is 28.8 Å². The van der Waals surface area contributed by atoms with Gasteiger partial charge in [0.25, 0.3) is 0 Å². The Morgan fingerprint density at radius 1 is 0.867 bits per heavy atom. The third-order valence-corrected chi connectivity index (χ3v) is 5.00. The SMILES string of the molecule is C=C(C(=O)OCc1ccccc1)N1C(=O)O[C@@H](c2ccccc2)[C@H]1c1ccccc1. The summed E-state index contributed by atoms with van der Waals surface area (Å²) < 4.78 is 11.1. The van der Waals surface area contributed by atoms with Crippen LogP contribution in [0.3, 0.4) is 0 Å². The van der Waals surface area contributed by atoms with Gasteiger partial charge in [-0.25, -0.2) is 9.59 Å². The van der Waals surface area contributed by atoms with E-state index in [4.69, 9.17) is 9.47 Å². The van der Waals surface area contributed by atoms with Crippen molar-refractivity contribution in [2.45, 2.75) is 18.8 Å². The first kappa shape index (κ1) is 19.5. The molecular formula is C25H21NO4. The summed E-state index contributed by atoms with van der Waals surface area (Å²) in [6.07, 6.45) is -1.20. The highest BCUT2D eigenvalue weighted by molar-refractivity contribution is 5.92. The van der Waals surface area contributed by atoms with Crippen molar-refractivity contribution < 1.29 is 19.1 Å². The van der Waals surface area contributed by atoms with Crippen LogP contribution < -0.4 is 0 Å². The van der Waals surface area contributed by atoms with Gasteiger partial charge in [-0.2, -0.15) is 0 Å². The van der Waals surface area contributed by atoms with Gasteiger partial charge in [-0.05, 0) is 16.7 Å². The van der Waals surface area contributed by atoms with Crippen LogP contribution in [0.4, 0.5) is 4.79 Å². The highest BCUT2D eigenvalue weighted by Gasteiger charge is 2.46. The fourth-order valence-electron chi connectivity index (χ4n) is 3.53. The second-order valence-corrected chi connectivity index (χ2v) is 6.95. The largest absolute Gasteiger partial charge is 0.456 e. The minimum absolute atomic E-state index is 0.0526. The van der Waals surface area contributed by atoms with Crippen LogP contribution in [0.25, 0.3) is 0 Å². The lowest BCUT2D eigenvalue weighted by Gasteiger charge is -2.25. The molecule has 0 spiro atoms. The number of hydrogen-bond acceptors (Lipinski definition) is 4. The summed E-state index contributed by atoms with van der Waals surface area (Å²) in [7, 11) is 0. The zero-order valence-electron chi connectivity index (χ0n) is 16.3. The van der Waals surface area contributed by atoms with Gasteiger partial charge in [0.15, 0.2) is 6.10 Å². The summed E-state index contributed by atoms with van der Waals surface area (Å²) in [4.78, 5) is 26.8. The van der Waals surface area contributed by atoms with Gasteiger partial charge in [0.2, 0.25) is 0 Å². The number of amides is 1. The maximum absolute atomic E-state index is 12.8. The molecule has 0 aliphatic carbocycles. The number of ether oxygens (including phenoxy) is 2. The number of carbonyl (C=O) groups is 2. The van der Waals surface area contributed by atoms with Gasteiger partial charge >= 0.3 is 12.1 Å². The summed E-state index contributed by atoms with van der Waals surface area (Å²) in [6.45, 7) is 3.95. The summed E-state index contributed by atoms with van der Waals surface area (Å²) in [5.74, 6) is -0.662. The normalized spacial score (nSPS) is 18.0. The number of carbonyl (C=O) groups excluding carboxylic acids is 2. The number of rotatable bonds is 6. The molecule has 0 aromatic heterocycles. The fraction of sp³-hybridized carbons (Fsp3) is 0.120. The van der Waals surface area contributed by atoms with E-state index in [1.54, 1.807) is 0 Å². The first-order chi connectivity index (χ1) is 14.6. The molecule has 0 unspecified atom stereocenters. The summed E-state index contributed by atoms with van der Waals surface area (Å²) in [6, 6.07) is 27.7. The number of benzene rings is 3. The third kappa shape index (κ3) is 3.96. The van der Waals surface area contributed by atoms with Crippen molar-refractivity contribution >= 4 is 12.1 Å². The molecule has 5 heteroatoms. The van der Waals surface area contributed by atoms with E-state index >= 15 is 0 Å². The molecule has 1 fully saturated rings. The smallest absolute Gasteiger partial charge is 0.415 e. The van der Waals surface area contributed by atoms with Crippen LogP contribution >= 0.6 is 0 Å². The van der Waals surface area contributed by atoms with Crippen molar-refractivity contribution in [3.63, 3.8) is 0 Å². The van der Waals surface area contributed by atoms with Gasteiger partial charge in [0, 0.05) is 0 Å². The lowest BCUT2D eigenvalue weighted by Crippen LogP contribution is -2.31. The van der Waals surface area contributed by atoms with E-state index in [1.165, 1.54) is 4.90 Å². The van der Waals surface area contributed by atoms with Gasteiger partial charge in [0.05, 0.1) is 0 Å². The Kier molecular flexibility index (Phi) is 5.61. The quantitative estimate of drug-likeness (QED) is 0.423. The zero-order valence-corrected chi connectivity index (χ0v) is 16.3. The van der Waals surface area contributed by atoms with E-state index in [9.17, 15) is 9.59 Å². The van der Waals surface area contributed by atoms with Crippen molar-refractivity contribution in [1.82, 2.24) is 4.90 Å². The molecule has 150 valence electrons. The Morgan fingerprint density at radius 2 is 1.40 bits per heavy atom. The van der Waals surface area contributed by atoms with Crippen LogP contribution in [0.15, 0.2) is 103 Å². The van der Waals surface area contributed by atoms with Crippen LogP contribution in [0.2, 0.25) is 0 Å². The van der Waals surface area contributed by atoms with Crippen LogP contribution in [-0.4, -0.2) is 17.0 Å². The summed E-state index contributed by atoms with van der Waals surface area (Å²) >= 11 is 0. The average Bonchev–Trinajstić information content (AvgIpc) is 3.15. The highest BCUT2D eigenvalue weighted by Crippen LogP contribution is 2.44. The number of cyclic esters (lactones) is 1. The molecule has 4 rings (SSSR count). The van der Waals surface area contributed by atoms with Crippen molar-refractivity contribution in [2.24, 2.45) is 0 Å². The van der Waals surface area contributed by atoms with E-state index < -0.39 is 24.2 Å². The second kappa shape index (κ2) is 8.66. The Hall–Kier alpha value is -3.86. The Bertz CT molecular complexity index is 1030. The van der Waals surface area contributed by atoms with Crippen molar-refractivity contribution in [3.8, 4) is 0 Å². The van der Waals surface area contributed by atoms with E-state index in [0.29, 0.717) is 0 Å². The predicted molar refractivity (Wildman–Crippen MR) is 112 cm³/mol. The van der Waals surface area contributed by atoms with Gasteiger partial charge in [-0.15, -0.1) is 0 Å². The summed E-state index contributed by atoms with van der Waals surface area (Å²) in [5.41, 5.74) is 2.48. The van der Waals surface area contributed by atoms with Crippen LogP contribution in [0.5, 0.6) is 0 Å². The van der Waals surface area contributed by atoms with Gasteiger partial charge < -0.3 is 9.47 Å². The average molecular weight is 399 g/mol. The molecule has 0 bridgehead atoms. The number of hydrogen-bond donors (Lipinski definition) is 0. The summed E-state index contributed by atoms with van der Waals surface area (Å²) in [5, 5.41) is 0. The minimum Gasteiger partial charge on any atom is -0.456 e. The van der Waals surface area contributed by atoms with E-state index in [0.717, 1.165) is 16.7 Å². The van der Waals surface area contributed by atoms with Crippen molar-refractivity contribution in [1.29, 1.82) is 0 Å². The zero-order chi connectivity index (χ0) is 20.9. The lowest BCUT2D eigenvalue weighted by molar-refractivity contribution is -0.142. The molecule has 1 saturated heterocycles. The fourth-order valence-corrected chi connectivity index (χ4v) is 3.53. The molecule has 1 aliphatic heterocycles. The molecule has 0 radical (unpaired) electrons. The third-order valence-electron chi connectivity index (χ3n) is 5.00. The second-order valence-electron chi connectivity index (χ2n) is 6.95. The first-order valence-corrected chi connectivity index (χ1v) is 9.65. The molecule has 30 heavy (non-hydrogen) atoms. The molecule has 1 aliphatic rings. The topological polar surface area (TPSA) is 55.8 Å². The van der Waals surface area contributed by atoms with Crippen LogP contribution in [-0.2, 0) is 20.9 Å². The molecular weight excluding hydrogens is 378 g/mol. The van der Waals surface area contributed by atoms with Crippen molar-refractivity contribution in [2.75, 3.05) is 0 Å². The first-order valence-electron chi connectivity index (χ1n) is 9.65. The molecule has 0 N–H and O–H groups in total. The maximum Gasteiger partial charge on any atom is 0.415 e. The number of nitrogens with zero attached hydrogens (tertiary/aromatic N) is 1. The molecule has 3 aromatic rings. The van der Waals surface area contributed by atoms with E-state index in [-0.39, 0.29) is 12.3 Å².